The maximum atomic E-state index is 12.4. The Bertz CT molecular complexity index is 1160. The van der Waals surface area contributed by atoms with Gasteiger partial charge in [-0.3, -0.25) is 0 Å². The van der Waals surface area contributed by atoms with E-state index >= 15 is 0 Å². The van der Waals surface area contributed by atoms with E-state index in [0.29, 0.717) is 24.5 Å². The Kier molecular flexibility index (Phi) is 7.85. The molecule has 2 aliphatic heterocycles. The third-order valence-corrected chi connectivity index (χ3v) is 9.21. The standard InChI is InChI=1S/C26H37N5O5S/c1-18-4-8-20(9-5-18)28-26-27-14-24(19-6-10-21(11-7-19)35-22-12-13-34-17-22)25(29-26)36-23-15-31(16-23)37(32,33)30(2)3/h6-7,10-11,14,18,20,22-23H,4-5,8-9,12-13,15-17H2,1-3H3,(H,27,28,29)/t18?,20?,22-/m1/s1. The van der Waals surface area contributed by atoms with Gasteiger partial charge >= 0.3 is 0 Å². The van der Waals surface area contributed by atoms with E-state index in [1.165, 1.54) is 35.5 Å². The first kappa shape index (κ1) is 26.1. The van der Waals surface area contributed by atoms with Crippen LogP contribution in [-0.4, -0.2) is 85.6 Å². The van der Waals surface area contributed by atoms with E-state index in [1.54, 1.807) is 6.20 Å². The van der Waals surface area contributed by atoms with Gasteiger partial charge in [0.25, 0.3) is 10.2 Å². The molecule has 5 rings (SSSR count). The monoisotopic (exact) mass is 531 g/mol. The molecule has 3 heterocycles. The molecule has 0 unspecified atom stereocenters. The number of nitrogens with zero attached hydrogens (tertiary/aromatic N) is 4. The molecule has 0 bridgehead atoms. The molecular formula is C26H37N5O5S. The summed E-state index contributed by atoms with van der Waals surface area (Å²) in [5, 5.41) is 3.48. The molecule has 0 radical (unpaired) electrons. The van der Waals surface area contributed by atoms with Crippen molar-refractivity contribution < 1.29 is 22.6 Å². The number of rotatable bonds is 9. The highest BCUT2D eigenvalue weighted by atomic mass is 32.2. The topological polar surface area (TPSA) is 106 Å². The third kappa shape index (κ3) is 6.17. The highest BCUT2D eigenvalue weighted by Crippen LogP contribution is 2.33. The molecule has 1 N–H and O–H groups in total. The van der Waals surface area contributed by atoms with E-state index in [9.17, 15) is 8.42 Å². The van der Waals surface area contributed by atoms with Crippen LogP contribution in [0.15, 0.2) is 30.5 Å². The zero-order valence-corrected chi connectivity index (χ0v) is 22.6. The Morgan fingerprint density at radius 3 is 2.41 bits per heavy atom. The minimum atomic E-state index is -3.46. The van der Waals surface area contributed by atoms with Crippen LogP contribution < -0.4 is 14.8 Å². The highest BCUT2D eigenvalue weighted by molar-refractivity contribution is 7.86. The van der Waals surface area contributed by atoms with Crippen LogP contribution in [0.2, 0.25) is 0 Å². The zero-order valence-electron chi connectivity index (χ0n) is 21.8. The summed E-state index contributed by atoms with van der Waals surface area (Å²) in [6.07, 6.45) is 7.05. The van der Waals surface area contributed by atoms with Crippen LogP contribution in [0.1, 0.15) is 39.0 Å². The molecule has 1 aromatic carbocycles. The van der Waals surface area contributed by atoms with Gasteiger partial charge in [-0.2, -0.15) is 22.0 Å². The lowest BCUT2D eigenvalue weighted by Gasteiger charge is -2.38. The van der Waals surface area contributed by atoms with Crippen LogP contribution in [0, 0.1) is 5.92 Å². The van der Waals surface area contributed by atoms with Crippen molar-refractivity contribution >= 4 is 16.2 Å². The van der Waals surface area contributed by atoms with Crippen LogP contribution in [0.4, 0.5) is 5.95 Å². The van der Waals surface area contributed by atoms with Crippen LogP contribution in [-0.2, 0) is 14.9 Å². The van der Waals surface area contributed by atoms with Gasteiger partial charge in [0.2, 0.25) is 11.8 Å². The van der Waals surface area contributed by atoms with Crippen molar-refractivity contribution in [3.63, 3.8) is 0 Å². The molecule has 11 heteroatoms. The molecule has 202 valence electrons. The molecule has 2 aromatic rings. The van der Waals surface area contributed by atoms with Gasteiger partial charge in [0.1, 0.15) is 18.0 Å². The van der Waals surface area contributed by atoms with Crippen molar-refractivity contribution in [1.29, 1.82) is 0 Å². The van der Waals surface area contributed by atoms with Crippen molar-refractivity contribution in [2.45, 2.75) is 57.3 Å². The summed E-state index contributed by atoms with van der Waals surface area (Å²) in [6.45, 7) is 4.20. The van der Waals surface area contributed by atoms with Gasteiger partial charge in [-0.25, -0.2) is 4.98 Å². The highest BCUT2D eigenvalue weighted by Gasteiger charge is 2.39. The second-order valence-corrected chi connectivity index (χ2v) is 12.6. The molecule has 1 atom stereocenters. The van der Waals surface area contributed by atoms with E-state index in [4.69, 9.17) is 19.2 Å². The van der Waals surface area contributed by atoms with Gasteiger partial charge in [0.05, 0.1) is 31.9 Å². The minimum absolute atomic E-state index is 0.0845. The van der Waals surface area contributed by atoms with E-state index in [-0.39, 0.29) is 25.3 Å². The number of nitrogens with one attached hydrogen (secondary N) is 1. The molecule has 1 aliphatic carbocycles. The van der Waals surface area contributed by atoms with Crippen molar-refractivity contribution in [2.24, 2.45) is 5.92 Å². The summed E-state index contributed by atoms with van der Waals surface area (Å²) < 4.78 is 45.1. The lowest BCUT2D eigenvalue weighted by molar-refractivity contribution is 0.0693. The smallest absolute Gasteiger partial charge is 0.281 e. The maximum Gasteiger partial charge on any atom is 0.281 e. The molecular weight excluding hydrogens is 494 g/mol. The van der Waals surface area contributed by atoms with Crippen molar-refractivity contribution in [1.82, 2.24) is 18.6 Å². The zero-order chi connectivity index (χ0) is 26.0. The predicted molar refractivity (Wildman–Crippen MR) is 141 cm³/mol. The fourth-order valence-corrected chi connectivity index (χ4v) is 6.05. The Hall–Kier alpha value is -2.47. The summed E-state index contributed by atoms with van der Waals surface area (Å²) >= 11 is 0. The Morgan fingerprint density at radius 1 is 1.03 bits per heavy atom. The lowest BCUT2D eigenvalue weighted by Crippen LogP contribution is -2.58. The van der Waals surface area contributed by atoms with Gasteiger partial charge in [0, 0.05) is 32.8 Å². The average Bonchev–Trinajstić information content (AvgIpc) is 3.36. The second kappa shape index (κ2) is 11.1. The number of ether oxygens (including phenoxy) is 3. The first-order chi connectivity index (χ1) is 17.8. The summed E-state index contributed by atoms with van der Waals surface area (Å²) in [4.78, 5) is 9.34. The van der Waals surface area contributed by atoms with Gasteiger partial charge in [-0.1, -0.05) is 19.1 Å². The minimum Gasteiger partial charge on any atom is -0.488 e. The van der Waals surface area contributed by atoms with E-state index in [0.717, 1.165) is 48.7 Å². The number of anilines is 1. The van der Waals surface area contributed by atoms with Crippen LogP contribution in [0.25, 0.3) is 11.1 Å². The summed E-state index contributed by atoms with van der Waals surface area (Å²) in [7, 11) is -0.394. The van der Waals surface area contributed by atoms with Gasteiger partial charge in [0.15, 0.2) is 0 Å². The first-order valence-corrected chi connectivity index (χ1v) is 14.5. The predicted octanol–water partition coefficient (Wildman–Crippen LogP) is 3.17. The summed E-state index contributed by atoms with van der Waals surface area (Å²) in [6, 6.07) is 8.14. The fraction of sp³-hybridized carbons (Fsp3) is 0.615. The molecule has 3 aliphatic rings. The number of hydrogen-bond donors (Lipinski definition) is 1. The first-order valence-electron chi connectivity index (χ1n) is 13.1. The van der Waals surface area contributed by atoms with Crippen molar-refractivity contribution in [2.75, 3.05) is 45.7 Å². The largest absolute Gasteiger partial charge is 0.488 e. The Morgan fingerprint density at radius 2 is 1.76 bits per heavy atom. The molecule has 0 amide bonds. The second-order valence-electron chi connectivity index (χ2n) is 10.5. The van der Waals surface area contributed by atoms with Gasteiger partial charge in [-0.05, 0) is 49.3 Å². The SMILES string of the molecule is CC1CCC(Nc2ncc(-c3ccc(O[C@@H]4CCOC4)cc3)c(OC3CN(S(=O)(=O)N(C)C)C3)n2)CC1. The number of aromatic nitrogens is 2. The molecule has 37 heavy (non-hydrogen) atoms. The van der Waals surface area contributed by atoms with Crippen LogP contribution in [0.5, 0.6) is 11.6 Å². The van der Waals surface area contributed by atoms with E-state index in [2.05, 4.69) is 17.2 Å². The molecule has 2 saturated heterocycles. The summed E-state index contributed by atoms with van der Waals surface area (Å²) in [5.74, 6) is 2.53. The molecule has 10 nitrogen and oxygen atoms in total. The lowest BCUT2D eigenvalue weighted by atomic mass is 9.87. The van der Waals surface area contributed by atoms with Crippen LogP contribution >= 0.6 is 0 Å². The fourth-order valence-electron chi connectivity index (χ4n) is 4.87. The molecule has 3 fully saturated rings. The summed E-state index contributed by atoms with van der Waals surface area (Å²) in [5.41, 5.74) is 1.66. The Balaban J connectivity index is 1.33. The van der Waals surface area contributed by atoms with Crippen molar-refractivity contribution in [3.05, 3.63) is 30.5 Å². The molecule has 1 saturated carbocycles. The molecule has 1 aromatic heterocycles. The Labute approximate surface area is 219 Å². The van der Waals surface area contributed by atoms with E-state index in [1.807, 2.05) is 24.3 Å². The van der Waals surface area contributed by atoms with Crippen LogP contribution in [0.3, 0.4) is 0 Å². The van der Waals surface area contributed by atoms with Crippen molar-refractivity contribution in [3.8, 4) is 22.8 Å². The van der Waals surface area contributed by atoms with Gasteiger partial charge < -0.3 is 19.5 Å². The number of hydrogen-bond acceptors (Lipinski definition) is 8. The van der Waals surface area contributed by atoms with Gasteiger partial charge in [-0.15, -0.1) is 0 Å². The third-order valence-electron chi connectivity index (χ3n) is 7.34. The van der Waals surface area contributed by atoms with E-state index < -0.39 is 10.2 Å². The quantitative estimate of drug-likeness (QED) is 0.526. The maximum absolute atomic E-state index is 12.4. The normalized spacial score (nSPS) is 25.1. The average molecular weight is 532 g/mol. The number of benzene rings is 1. The molecule has 0 spiro atoms.